The molecule has 0 aromatic heterocycles. The smallest absolute Gasteiger partial charge is 0.269 e. The molecule has 0 saturated carbocycles. The summed E-state index contributed by atoms with van der Waals surface area (Å²) < 4.78 is 0. The lowest BCUT2D eigenvalue weighted by atomic mass is 9.75. The van der Waals surface area contributed by atoms with E-state index in [1.807, 2.05) is 13.8 Å². The van der Waals surface area contributed by atoms with Crippen molar-refractivity contribution in [1.82, 2.24) is 5.32 Å². The van der Waals surface area contributed by atoms with Crippen LogP contribution in [0.15, 0.2) is 53.7 Å². The molecular weight excluding hydrogens is 364 g/mol. The van der Waals surface area contributed by atoms with Crippen LogP contribution >= 0.6 is 0 Å². The first-order valence-corrected chi connectivity index (χ1v) is 8.80. The second kappa shape index (κ2) is 7.73. The van der Waals surface area contributed by atoms with Gasteiger partial charge in [-0.2, -0.15) is 0 Å². The van der Waals surface area contributed by atoms with Gasteiger partial charge in [0.25, 0.3) is 11.4 Å². The highest BCUT2D eigenvalue weighted by Crippen LogP contribution is 2.39. The van der Waals surface area contributed by atoms with E-state index in [4.69, 9.17) is 0 Å². The topological polar surface area (TPSA) is 131 Å². The summed E-state index contributed by atoms with van der Waals surface area (Å²) in [4.78, 5) is 20.9. The van der Waals surface area contributed by atoms with E-state index in [9.17, 15) is 25.4 Å². The van der Waals surface area contributed by atoms with Crippen LogP contribution in [0.1, 0.15) is 37.1 Å². The molecule has 28 heavy (non-hydrogen) atoms. The number of piperidine rings is 1. The van der Waals surface area contributed by atoms with Crippen LogP contribution < -0.4 is 5.32 Å². The minimum atomic E-state index is -0.454. The van der Waals surface area contributed by atoms with Gasteiger partial charge >= 0.3 is 0 Å². The van der Waals surface area contributed by atoms with Crippen LogP contribution in [0.25, 0.3) is 0 Å². The van der Waals surface area contributed by atoms with E-state index in [1.165, 1.54) is 24.3 Å². The molecule has 146 valence electrons. The average Bonchev–Trinajstić information content (AvgIpc) is 2.69. The SMILES string of the molecule is C[C@@H]1C(=NO)[C@H](C)[C@@H](c2ccc([N+](=O)[O-])cc2)N[C@H]1c1ccc([N+](=O)[O-])cc1. The lowest BCUT2D eigenvalue weighted by Crippen LogP contribution is -2.46. The van der Waals surface area contributed by atoms with E-state index in [2.05, 4.69) is 10.5 Å². The molecular formula is C19H20N4O5. The van der Waals surface area contributed by atoms with Crippen LogP contribution in [0.4, 0.5) is 11.4 Å². The molecule has 0 aliphatic carbocycles. The fraction of sp³-hybridized carbons (Fsp3) is 0.316. The van der Waals surface area contributed by atoms with Crippen LogP contribution in [0.5, 0.6) is 0 Å². The van der Waals surface area contributed by atoms with Crippen molar-refractivity contribution in [3.63, 3.8) is 0 Å². The molecule has 0 unspecified atom stereocenters. The first-order chi connectivity index (χ1) is 13.3. The molecule has 0 spiro atoms. The van der Waals surface area contributed by atoms with Gasteiger partial charge in [-0.05, 0) is 11.1 Å². The predicted octanol–water partition coefficient (Wildman–Crippen LogP) is 3.99. The molecule has 0 amide bonds. The van der Waals surface area contributed by atoms with E-state index in [0.29, 0.717) is 5.71 Å². The maximum Gasteiger partial charge on any atom is 0.269 e. The Morgan fingerprint density at radius 3 is 1.46 bits per heavy atom. The number of benzene rings is 2. The summed E-state index contributed by atoms with van der Waals surface area (Å²) in [6.07, 6.45) is 0. The fourth-order valence-corrected chi connectivity index (χ4v) is 3.80. The number of hydrogen-bond acceptors (Lipinski definition) is 7. The Morgan fingerprint density at radius 1 is 0.821 bits per heavy atom. The van der Waals surface area contributed by atoms with E-state index in [-0.39, 0.29) is 35.3 Å². The van der Waals surface area contributed by atoms with Gasteiger partial charge in [-0.1, -0.05) is 43.3 Å². The third-order valence-electron chi connectivity index (χ3n) is 5.33. The number of hydrogen-bond donors (Lipinski definition) is 2. The van der Waals surface area contributed by atoms with Crippen LogP contribution in [0.3, 0.4) is 0 Å². The lowest BCUT2D eigenvalue weighted by Gasteiger charge is -2.41. The molecule has 1 aliphatic rings. The van der Waals surface area contributed by atoms with E-state index in [0.717, 1.165) is 11.1 Å². The number of oxime groups is 1. The summed E-state index contributed by atoms with van der Waals surface area (Å²) in [6.45, 7) is 3.85. The molecule has 2 aromatic carbocycles. The summed E-state index contributed by atoms with van der Waals surface area (Å²) in [5, 5.41) is 38.4. The van der Waals surface area contributed by atoms with Crippen LogP contribution in [-0.4, -0.2) is 20.8 Å². The first kappa shape index (κ1) is 19.4. The van der Waals surface area contributed by atoms with Gasteiger partial charge < -0.3 is 10.5 Å². The minimum Gasteiger partial charge on any atom is -0.411 e. The van der Waals surface area contributed by atoms with E-state index < -0.39 is 9.85 Å². The first-order valence-electron chi connectivity index (χ1n) is 8.80. The molecule has 2 N–H and O–H groups in total. The second-order valence-electron chi connectivity index (χ2n) is 6.92. The Balaban J connectivity index is 1.95. The summed E-state index contributed by atoms with van der Waals surface area (Å²) in [7, 11) is 0. The molecule has 1 saturated heterocycles. The molecule has 0 radical (unpaired) electrons. The highest BCUT2D eigenvalue weighted by molar-refractivity contribution is 5.90. The Morgan fingerprint density at radius 2 is 1.18 bits per heavy atom. The standard InChI is InChI=1S/C19H20N4O5/c1-11-17(21-24)12(2)19(14-5-9-16(10-6-14)23(27)28)20-18(11)13-3-7-15(8-4-13)22(25)26/h3-12,18-20,24H,1-2H3/t11-,12+,18-,19+. The number of nitro groups is 2. The van der Waals surface area contributed by atoms with Gasteiger partial charge in [0, 0.05) is 48.2 Å². The maximum atomic E-state index is 10.9. The van der Waals surface area contributed by atoms with Gasteiger partial charge in [-0.3, -0.25) is 20.2 Å². The summed E-state index contributed by atoms with van der Waals surface area (Å²) >= 11 is 0. The minimum absolute atomic E-state index is 0.00329. The quantitative estimate of drug-likeness (QED) is 0.465. The Labute approximate surface area is 161 Å². The van der Waals surface area contributed by atoms with Gasteiger partial charge in [0.1, 0.15) is 0 Å². The zero-order chi connectivity index (χ0) is 20.4. The van der Waals surface area contributed by atoms with Gasteiger partial charge in [0.2, 0.25) is 0 Å². The average molecular weight is 384 g/mol. The molecule has 4 atom stereocenters. The number of nitrogens with one attached hydrogen (secondary N) is 1. The number of rotatable bonds is 4. The van der Waals surface area contributed by atoms with Crippen molar-refractivity contribution in [1.29, 1.82) is 0 Å². The monoisotopic (exact) mass is 384 g/mol. The fourth-order valence-electron chi connectivity index (χ4n) is 3.80. The van der Waals surface area contributed by atoms with Crippen molar-refractivity contribution in [3.05, 3.63) is 79.9 Å². The maximum absolute atomic E-state index is 10.9. The van der Waals surface area contributed by atoms with Crippen molar-refractivity contribution in [2.45, 2.75) is 25.9 Å². The van der Waals surface area contributed by atoms with Crippen molar-refractivity contribution < 1.29 is 15.1 Å². The van der Waals surface area contributed by atoms with Gasteiger partial charge in [0.15, 0.2) is 0 Å². The molecule has 2 aromatic rings. The van der Waals surface area contributed by atoms with Gasteiger partial charge in [-0.25, -0.2) is 0 Å². The normalized spacial score (nSPS) is 26.1. The van der Waals surface area contributed by atoms with E-state index >= 15 is 0 Å². The van der Waals surface area contributed by atoms with Crippen LogP contribution in [-0.2, 0) is 0 Å². The van der Waals surface area contributed by atoms with Gasteiger partial charge in [-0.15, -0.1) is 0 Å². The molecule has 9 heteroatoms. The van der Waals surface area contributed by atoms with Crippen molar-refractivity contribution in [2.75, 3.05) is 0 Å². The summed E-state index contributed by atoms with van der Waals surface area (Å²) in [5.74, 6) is -0.286. The largest absolute Gasteiger partial charge is 0.411 e. The highest BCUT2D eigenvalue weighted by Gasteiger charge is 2.39. The number of nitrogens with zero attached hydrogens (tertiary/aromatic N) is 3. The van der Waals surface area contributed by atoms with Crippen molar-refractivity contribution in [2.24, 2.45) is 17.0 Å². The van der Waals surface area contributed by atoms with Gasteiger partial charge in [0.05, 0.1) is 15.6 Å². The summed E-state index contributed by atoms with van der Waals surface area (Å²) in [5.41, 5.74) is 2.27. The Hall–Kier alpha value is -3.33. The van der Waals surface area contributed by atoms with Crippen LogP contribution in [0, 0.1) is 32.1 Å². The Bertz CT molecular complexity index is 839. The zero-order valence-electron chi connectivity index (χ0n) is 15.4. The predicted molar refractivity (Wildman–Crippen MR) is 102 cm³/mol. The molecule has 9 nitrogen and oxygen atoms in total. The highest BCUT2D eigenvalue weighted by atomic mass is 16.6. The number of non-ortho nitro benzene ring substituents is 2. The molecule has 0 bridgehead atoms. The molecule has 1 fully saturated rings. The third-order valence-corrected chi connectivity index (χ3v) is 5.33. The van der Waals surface area contributed by atoms with E-state index in [1.54, 1.807) is 24.3 Å². The molecule has 3 rings (SSSR count). The van der Waals surface area contributed by atoms with Crippen molar-refractivity contribution in [3.8, 4) is 0 Å². The molecule has 1 heterocycles. The number of nitro benzene ring substituents is 2. The third kappa shape index (κ3) is 3.56. The summed E-state index contributed by atoms with van der Waals surface area (Å²) in [6, 6.07) is 12.0. The molecule has 1 aliphatic heterocycles. The lowest BCUT2D eigenvalue weighted by molar-refractivity contribution is -0.385. The Kier molecular flexibility index (Phi) is 5.36. The zero-order valence-corrected chi connectivity index (χ0v) is 15.4. The van der Waals surface area contributed by atoms with Crippen LogP contribution in [0.2, 0.25) is 0 Å². The van der Waals surface area contributed by atoms with Crippen molar-refractivity contribution >= 4 is 17.1 Å². The second-order valence-corrected chi connectivity index (χ2v) is 6.92.